The fraction of sp³-hybridized carbons (Fsp3) is 0.0667. The van der Waals surface area contributed by atoms with Crippen LogP contribution in [0.3, 0.4) is 0 Å². The van der Waals surface area contributed by atoms with Gasteiger partial charge >= 0.3 is 0 Å². The molecule has 0 saturated heterocycles. The summed E-state index contributed by atoms with van der Waals surface area (Å²) in [6.45, 7) is 1.85. The van der Waals surface area contributed by atoms with E-state index in [-0.39, 0.29) is 5.15 Å². The Morgan fingerprint density at radius 3 is 2.62 bits per heavy atom. The Hall–Kier alpha value is -2.53. The third-order valence-electron chi connectivity index (χ3n) is 3.03. The molecule has 3 rings (SSSR count). The van der Waals surface area contributed by atoms with Crippen LogP contribution in [-0.4, -0.2) is 26.0 Å². The van der Waals surface area contributed by atoms with Crippen LogP contribution in [0.15, 0.2) is 42.7 Å². The van der Waals surface area contributed by atoms with E-state index in [9.17, 15) is 4.79 Å². The molecule has 0 spiro atoms. The predicted molar refractivity (Wildman–Crippen MR) is 79.7 cm³/mol. The largest absolute Gasteiger partial charge is 0.298 e. The van der Waals surface area contributed by atoms with Crippen LogP contribution in [0.25, 0.3) is 17.1 Å². The fourth-order valence-electron chi connectivity index (χ4n) is 2.03. The Balaban J connectivity index is 2.21. The molecule has 0 N–H and O–H groups in total. The van der Waals surface area contributed by atoms with E-state index < -0.39 is 0 Å². The van der Waals surface area contributed by atoms with Crippen LogP contribution < -0.4 is 0 Å². The van der Waals surface area contributed by atoms with Gasteiger partial charge in [0.25, 0.3) is 0 Å². The van der Waals surface area contributed by atoms with Crippen molar-refractivity contribution in [2.45, 2.75) is 6.92 Å². The van der Waals surface area contributed by atoms with Gasteiger partial charge in [0.1, 0.15) is 17.2 Å². The minimum Gasteiger partial charge on any atom is -0.298 e. The van der Waals surface area contributed by atoms with E-state index in [1.165, 1.54) is 11.0 Å². The lowest BCUT2D eigenvalue weighted by molar-refractivity contribution is 0.112. The monoisotopic (exact) mass is 298 g/mol. The van der Waals surface area contributed by atoms with Crippen molar-refractivity contribution in [1.82, 2.24) is 19.7 Å². The maximum absolute atomic E-state index is 11.4. The van der Waals surface area contributed by atoms with Gasteiger partial charge in [-0.15, -0.1) is 0 Å². The molecule has 0 unspecified atom stereocenters. The number of hydrogen-bond donors (Lipinski definition) is 0. The molecule has 5 nitrogen and oxygen atoms in total. The highest BCUT2D eigenvalue weighted by molar-refractivity contribution is 6.32. The van der Waals surface area contributed by atoms with E-state index in [4.69, 9.17) is 11.6 Å². The average Bonchev–Trinajstić information content (AvgIpc) is 2.85. The summed E-state index contributed by atoms with van der Waals surface area (Å²) in [5, 5.41) is 4.66. The summed E-state index contributed by atoms with van der Waals surface area (Å²) in [5.41, 5.74) is 2.50. The van der Waals surface area contributed by atoms with Crippen LogP contribution in [0.1, 0.15) is 16.1 Å². The number of hydrogen-bond acceptors (Lipinski definition) is 4. The smallest absolute Gasteiger partial charge is 0.158 e. The molecule has 0 aliphatic carbocycles. The lowest BCUT2D eigenvalue weighted by atomic mass is 10.1. The minimum absolute atomic E-state index is 0.238. The van der Waals surface area contributed by atoms with Gasteiger partial charge in [0.15, 0.2) is 12.1 Å². The summed E-state index contributed by atoms with van der Waals surface area (Å²) in [4.78, 5) is 19.5. The van der Waals surface area contributed by atoms with Gasteiger partial charge in [-0.2, -0.15) is 5.10 Å². The minimum atomic E-state index is 0.238. The van der Waals surface area contributed by atoms with Gasteiger partial charge in [-0.25, -0.2) is 14.6 Å². The van der Waals surface area contributed by atoms with Gasteiger partial charge in [-0.1, -0.05) is 41.9 Å². The number of aromatic nitrogens is 4. The second kappa shape index (κ2) is 5.46. The Kier molecular flexibility index (Phi) is 3.50. The van der Waals surface area contributed by atoms with Gasteiger partial charge in [-0.3, -0.25) is 4.79 Å². The number of halogens is 1. The molecule has 2 heterocycles. The summed E-state index contributed by atoms with van der Waals surface area (Å²) in [5.74, 6) is 0.526. The number of carbonyl (C=O) groups excluding carboxylic acids is 1. The zero-order valence-corrected chi connectivity index (χ0v) is 11.9. The fourth-order valence-corrected chi connectivity index (χ4v) is 2.29. The van der Waals surface area contributed by atoms with Crippen LogP contribution in [0, 0.1) is 6.92 Å². The highest BCUT2D eigenvalue weighted by Gasteiger charge is 2.18. The third-order valence-corrected chi connectivity index (χ3v) is 3.40. The zero-order valence-electron chi connectivity index (χ0n) is 11.2. The molecule has 0 aliphatic rings. The maximum atomic E-state index is 11.4. The summed E-state index contributed by atoms with van der Waals surface area (Å²) in [6, 6.07) is 11.2. The molecule has 0 amide bonds. The molecule has 0 radical (unpaired) electrons. The van der Waals surface area contributed by atoms with Crippen LogP contribution in [0.5, 0.6) is 0 Å². The Morgan fingerprint density at radius 2 is 1.95 bits per heavy atom. The quantitative estimate of drug-likeness (QED) is 0.697. The van der Waals surface area contributed by atoms with Crippen LogP contribution in [0.4, 0.5) is 0 Å². The lowest BCUT2D eigenvalue weighted by Gasteiger charge is -2.01. The topological polar surface area (TPSA) is 60.7 Å². The van der Waals surface area contributed by atoms with Crippen molar-refractivity contribution < 1.29 is 4.79 Å². The first kappa shape index (κ1) is 13.5. The number of benzene rings is 1. The van der Waals surface area contributed by atoms with Crippen molar-refractivity contribution in [2.75, 3.05) is 0 Å². The van der Waals surface area contributed by atoms with E-state index in [0.29, 0.717) is 23.4 Å². The second-order valence-electron chi connectivity index (χ2n) is 4.47. The molecule has 0 fully saturated rings. The van der Waals surface area contributed by atoms with Crippen LogP contribution in [0.2, 0.25) is 5.15 Å². The maximum Gasteiger partial charge on any atom is 0.158 e. The van der Waals surface area contributed by atoms with Crippen molar-refractivity contribution >= 4 is 17.9 Å². The van der Waals surface area contributed by atoms with Crippen molar-refractivity contribution in [3.05, 3.63) is 59.1 Å². The number of aryl methyl sites for hydroxylation is 1. The van der Waals surface area contributed by atoms with Crippen molar-refractivity contribution in [2.24, 2.45) is 0 Å². The Morgan fingerprint density at radius 1 is 1.19 bits per heavy atom. The van der Waals surface area contributed by atoms with Crippen molar-refractivity contribution in [3.63, 3.8) is 0 Å². The summed E-state index contributed by atoms with van der Waals surface area (Å²) in [6.07, 6.45) is 2.15. The Labute approximate surface area is 126 Å². The molecular weight excluding hydrogens is 288 g/mol. The van der Waals surface area contributed by atoms with Gasteiger partial charge in [0.2, 0.25) is 0 Å². The normalized spacial score (nSPS) is 10.6. The lowest BCUT2D eigenvalue weighted by Crippen LogP contribution is -2.01. The molecule has 2 aromatic heterocycles. The molecule has 1 aromatic carbocycles. The van der Waals surface area contributed by atoms with Crippen LogP contribution >= 0.6 is 11.6 Å². The standard InChI is InChI=1S/C15H11ClN4O/c1-10-7-13(18-9-17-10)20-15(16)12(8-21)14(19-20)11-5-3-2-4-6-11/h2-9H,1H3. The molecule has 6 heteroatoms. The van der Waals surface area contributed by atoms with E-state index in [0.717, 1.165) is 11.3 Å². The van der Waals surface area contributed by atoms with Gasteiger partial charge < -0.3 is 0 Å². The number of nitrogens with zero attached hydrogens (tertiary/aromatic N) is 4. The van der Waals surface area contributed by atoms with E-state index in [2.05, 4.69) is 15.1 Å². The predicted octanol–water partition coefficient (Wildman–Crippen LogP) is 3.10. The Bertz CT molecular complexity index is 799. The van der Waals surface area contributed by atoms with Gasteiger partial charge in [-0.05, 0) is 6.92 Å². The van der Waals surface area contributed by atoms with E-state index in [1.807, 2.05) is 37.3 Å². The first-order valence-corrected chi connectivity index (χ1v) is 6.66. The molecule has 3 aromatic rings. The first-order valence-electron chi connectivity index (χ1n) is 6.29. The van der Waals surface area contributed by atoms with Crippen molar-refractivity contribution in [1.29, 1.82) is 0 Å². The SMILES string of the molecule is Cc1cc(-n2nc(-c3ccccc3)c(C=O)c2Cl)ncn1. The molecule has 0 atom stereocenters. The van der Waals surface area contributed by atoms with Gasteiger partial charge in [0.05, 0.1) is 5.56 Å². The van der Waals surface area contributed by atoms with Gasteiger partial charge in [0, 0.05) is 17.3 Å². The van der Waals surface area contributed by atoms with Crippen LogP contribution in [-0.2, 0) is 0 Å². The third kappa shape index (κ3) is 2.43. The number of rotatable bonds is 3. The summed E-state index contributed by atoms with van der Waals surface area (Å²) >= 11 is 6.28. The summed E-state index contributed by atoms with van der Waals surface area (Å²) < 4.78 is 1.45. The zero-order chi connectivity index (χ0) is 14.8. The molecular formula is C15H11ClN4O. The first-order chi connectivity index (χ1) is 10.2. The summed E-state index contributed by atoms with van der Waals surface area (Å²) in [7, 11) is 0. The van der Waals surface area contributed by atoms with E-state index in [1.54, 1.807) is 6.07 Å². The highest BCUT2D eigenvalue weighted by atomic mass is 35.5. The molecule has 104 valence electrons. The average molecular weight is 299 g/mol. The number of aldehydes is 1. The molecule has 0 aliphatic heterocycles. The van der Waals surface area contributed by atoms with E-state index >= 15 is 0 Å². The van der Waals surface area contributed by atoms with Crippen molar-refractivity contribution in [3.8, 4) is 17.1 Å². The molecule has 21 heavy (non-hydrogen) atoms. The molecule has 0 bridgehead atoms. The number of carbonyl (C=O) groups is 1. The highest BCUT2D eigenvalue weighted by Crippen LogP contribution is 2.28. The molecule has 0 saturated carbocycles. The second-order valence-corrected chi connectivity index (χ2v) is 4.82.